The van der Waals surface area contributed by atoms with Crippen LogP contribution >= 0.6 is 11.3 Å². The monoisotopic (exact) mass is 364 g/mol. The number of nitrogens with one attached hydrogen (secondary N) is 1. The maximum Gasteiger partial charge on any atom is 0.337 e. The van der Waals surface area contributed by atoms with Gasteiger partial charge in [-0.15, -0.1) is 11.3 Å². The molecule has 2 aromatic rings. The van der Waals surface area contributed by atoms with Crippen molar-refractivity contribution in [3.8, 4) is 0 Å². The van der Waals surface area contributed by atoms with Crippen molar-refractivity contribution in [3.63, 3.8) is 0 Å². The van der Waals surface area contributed by atoms with Crippen molar-refractivity contribution >= 4 is 33.4 Å². The number of carbonyl (C=O) groups excluding carboxylic acids is 1. The number of aliphatic carboxylic acids is 1. The molecule has 3 N–H and O–H groups in total. The third kappa shape index (κ3) is 4.16. The summed E-state index contributed by atoms with van der Waals surface area (Å²) in [5.74, 6) is -1.61. The van der Waals surface area contributed by atoms with Gasteiger partial charge in [0.05, 0.1) is 27.2 Å². The summed E-state index contributed by atoms with van der Waals surface area (Å²) in [6.45, 7) is 4.71. The molecule has 0 fully saturated rings. The first-order valence-corrected chi connectivity index (χ1v) is 9.14. The Balaban J connectivity index is 2.19. The molecule has 0 spiro atoms. The van der Waals surface area contributed by atoms with Gasteiger partial charge in [-0.05, 0) is 31.9 Å². The molecular formula is C18H24N2O4S. The Morgan fingerprint density at radius 3 is 2.44 bits per heavy atom. The number of aromatic nitrogens is 1. The quantitative estimate of drug-likeness (QED) is 0.669. The maximum atomic E-state index is 12.8. The minimum absolute atomic E-state index is 0.252. The van der Waals surface area contributed by atoms with Crippen LogP contribution < -0.4 is 5.32 Å². The number of amides is 1. The van der Waals surface area contributed by atoms with Crippen molar-refractivity contribution in [3.05, 3.63) is 29.3 Å². The number of fused-ring (bicyclic) bond motifs is 1. The first-order valence-electron chi connectivity index (χ1n) is 8.32. The third-order valence-corrected chi connectivity index (χ3v) is 5.75. The Kier molecular flexibility index (Phi) is 5.80. The van der Waals surface area contributed by atoms with E-state index in [-0.39, 0.29) is 12.5 Å². The second-order valence-corrected chi connectivity index (χ2v) is 7.62. The largest absolute Gasteiger partial charge is 0.479 e. The van der Waals surface area contributed by atoms with Crippen LogP contribution in [0, 0.1) is 5.41 Å². The number of para-hydroxylation sites is 1. The molecule has 1 amide bonds. The van der Waals surface area contributed by atoms with Gasteiger partial charge in [0.15, 0.2) is 5.60 Å². The molecular weight excluding hydrogens is 340 g/mol. The lowest BCUT2D eigenvalue weighted by Crippen LogP contribution is -2.51. The Morgan fingerprint density at radius 1 is 1.24 bits per heavy atom. The van der Waals surface area contributed by atoms with E-state index >= 15 is 0 Å². The lowest BCUT2D eigenvalue weighted by molar-refractivity contribution is -0.156. The highest BCUT2D eigenvalue weighted by molar-refractivity contribution is 7.18. The van der Waals surface area contributed by atoms with E-state index in [0.717, 1.165) is 15.2 Å². The summed E-state index contributed by atoms with van der Waals surface area (Å²) in [7, 11) is 0. The van der Waals surface area contributed by atoms with Gasteiger partial charge >= 0.3 is 5.97 Å². The highest BCUT2D eigenvalue weighted by atomic mass is 32.1. The number of carbonyl (C=O) groups is 2. The smallest absolute Gasteiger partial charge is 0.337 e. The van der Waals surface area contributed by atoms with E-state index in [4.69, 9.17) is 5.11 Å². The van der Waals surface area contributed by atoms with Crippen LogP contribution in [0.2, 0.25) is 0 Å². The van der Waals surface area contributed by atoms with Crippen LogP contribution in [0.4, 0.5) is 0 Å². The molecule has 1 heterocycles. The normalized spacial score (nSPS) is 14.2. The van der Waals surface area contributed by atoms with Crippen LogP contribution in [0.25, 0.3) is 10.2 Å². The molecule has 0 aliphatic rings. The van der Waals surface area contributed by atoms with Crippen molar-refractivity contribution in [2.75, 3.05) is 6.54 Å². The Bertz CT molecular complexity index is 732. The zero-order valence-electron chi connectivity index (χ0n) is 14.7. The highest BCUT2D eigenvalue weighted by Crippen LogP contribution is 2.34. The van der Waals surface area contributed by atoms with Gasteiger partial charge in [0.1, 0.15) is 0 Å². The lowest BCUT2D eigenvalue weighted by Gasteiger charge is -2.30. The van der Waals surface area contributed by atoms with Crippen LogP contribution in [0.15, 0.2) is 24.3 Å². The highest BCUT2D eigenvalue weighted by Gasteiger charge is 2.38. The van der Waals surface area contributed by atoms with Crippen molar-refractivity contribution in [2.45, 2.75) is 45.6 Å². The molecule has 0 aliphatic heterocycles. The Morgan fingerprint density at radius 2 is 1.88 bits per heavy atom. The molecule has 0 bridgehead atoms. The van der Waals surface area contributed by atoms with E-state index < -0.39 is 17.0 Å². The fourth-order valence-electron chi connectivity index (χ4n) is 2.70. The Hall–Kier alpha value is -1.99. The Labute approximate surface area is 150 Å². The van der Waals surface area contributed by atoms with Gasteiger partial charge in [-0.1, -0.05) is 26.0 Å². The van der Waals surface area contributed by atoms with Crippen molar-refractivity contribution in [1.82, 2.24) is 10.3 Å². The number of rotatable bonds is 8. The zero-order valence-corrected chi connectivity index (χ0v) is 15.5. The second-order valence-electron chi connectivity index (χ2n) is 6.50. The van der Waals surface area contributed by atoms with Gasteiger partial charge in [0.2, 0.25) is 5.91 Å². The van der Waals surface area contributed by atoms with E-state index in [1.54, 1.807) is 11.3 Å². The molecule has 136 valence electrons. The number of hydrogen-bond acceptors (Lipinski definition) is 5. The van der Waals surface area contributed by atoms with Gasteiger partial charge in [0.25, 0.3) is 0 Å². The van der Waals surface area contributed by atoms with E-state index in [1.165, 1.54) is 6.92 Å². The van der Waals surface area contributed by atoms with Crippen LogP contribution in [0.5, 0.6) is 0 Å². The number of benzene rings is 1. The molecule has 1 unspecified atom stereocenters. The average Bonchev–Trinajstić information content (AvgIpc) is 2.99. The van der Waals surface area contributed by atoms with Crippen LogP contribution in [0.3, 0.4) is 0 Å². The molecule has 2 rings (SSSR count). The van der Waals surface area contributed by atoms with Crippen molar-refractivity contribution in [2.24, 2.45) is 5.41 Å². The number of hydrogen-bond donors (Lipinski definition) is 3. The van der Waals surface area contributed by atoms with Crippen LogP contribution in [-0.4, -0.2) is 39.2 Å². The molecule has 6 nitrogen and oxygen atoms in total. The number of thiazole rings is 1. The summed E-state index contributed by atoms with van der Waals surface area (Å²) < 4.78 is 1.08. The van der Waals surface area contributed by atoms with E-state index in [1.807, 2.05) is 38.1 Å². The van der Waals surface area contributed by atoms with Gasteiger partial charge in [-0.2, -0.15) is 0 Å². The number of carboxylic acid groups (broad SMARTS) is 1. The average molecular weight is 364 g/mol. The summed E-state index contributed by atoms with van der Waals surface area (Å²) >= 11 is 1.57. The van der Waals surface area contributed by atoms with Crippen LogP contribution in [-0.2, 0) is 16.0 Å². The minimum Gasteiger partial charge on any atom is -0.479 e. The van der Waals surface area contributed by atoms with Crippen molar-refractivity contribution in [1.29, 1.82) is 0 Å². The van der Waals surface area contributed by atoms with E-state index in [9.17, 15) is 14.7 Å². The van der Waals surface area contributed by atoms with Gasteiger partial charge in [-0.25, -0.2) is 9.78 Å². The number of aliphatic hydroxyl groups is 1. The predicted molar refractivity (Wildman–Crippen MR) is 97.6 cm³/mol. The van der Waals surface area contributed by atoms with Gasteiger partial charge < -0.3 is 15.5 Å². The minimum atomic E-state index is -1.99. The first-order chi connectivity index (χ1) is 11.7. The molecule has 1 atom stereocenters. The van der Waals surface area contributed by atoms with E-state index in [0.29, 0.717) is 19.3 Å². The van der Waals surface area contributed by atoms with Crippen LogP contribution in [0.1, 0.15) is 38.6 Å². The topological polar surface area (TPSA) is 99.5 Å². The molecule has 1 aromatic heterocycles. The molecule has 7 heteroatoms. The predicted octanol–water partition coefficient (Wildman–Crippen LogP) is 2.60. The van der Waals surface area contributed by atoms with E-state index in [2.05, 4.69) is 10.3 Å². The molecule has 0 saturated carbocycles. The van der Waals surface area contributed by atoms with Gasteiger partial charge in [0, 0.05) is 6.42 Å². The van der Waals surface area contributed by atoms with Crippen molar-refractivity contribution < 1.29 is 19.8 Å². The fraction of sp³-hybridized carbons (Fsp3) is 0.500. The standard InChI is InChI=1S/C18H24N2O4S/c1-4-18(5-2,15(21)19-11-17(3,24)16(22)23)10-14-20-12-8-6-7-9-13(12)25-14/h6-9,24H,4-5,10-11H2,1-3H3,(H,19,21)(H,22,23). The van der Waals surface area contributed by atoms with Gasteiger partial charge in [-0.3, -0.25) is 4.79 Å². The molecule has 1 aromatic carbocycles. The third-order valence-electron chi connectivity index (χ3n) is 4.72. The molecule has 25 heavy (non-hydrogen) atoms. The lowest BCUT2D eigenvalue weighted by atomic mass is 9.78. The summed E-state index contributed by atoms with van der Waals surface area (Å²) in [5.41, 5.74) is -1.75. The number of carboxylic acids is 1. The second kappa shape index (κ2) is 7.49. The molecule has 0 saturated heterocycles. The number of nitrogens with zero attached hydrogens (tertiary/aromatic N) is 1. The summed E-state index contributed by atoms with van der Waals surface area (Å²) in [4.78, 5) is 28.4. The summed E-state index contributed by atoms with van der Waals surface area (Å²) in [6, 6.07) is 7.83. The summed E-state index contributed by atoms with van der Waals surface area (Å²) in [6.07, 6.45) is 1.68. The molecule has 0 radical (unpaired) electrons. The summed E-state index contributed by atoms with van der Waals surface area (Å²) in [5, 5.41) is 22.3. The molecule has 0 aliphatic carbocycles. The fourth-order valence-corrected chi connectivity index (χ4v) is 3.81. The first kappa shape index (κ1) is 19.3. The maximum absolute atomic E-state index is 12.8. The zero-order chi connectivity index (χ0) is 18.7. The SMILES string of the molecule is CCC(CC)(Cc1nc2ccccc2s1)C(=O)NCC(C)(O)C(=O)O.